The second-order valence-electron chi connectivity index (χ2n) is 14.8. The Labute approximate surface area is 296 Å². The summed E-state index contributed by atoms with van der Waals surface area (Å²) in [5.74, 6) is -0.973. The number of methoxy groups -OCH3 is 2. The van der Waals surface area contributed by atoms with E-state index in [0.29, 0.717) is 34.3 Å². The van der Waals surface area contributed by atoms with E-state index in [1.165, 1.54) is 30.3 Å². The maximum Gasteiger partial charge on any atom is 0.310 e. The number of carbonyl (C=O) groups excluding carboxylic acids is 3. The number of ether oxygens (including phenoxy) is 5. The van der Waals surface area contributed by atoms with Gasteiger partial charge in [-0.3, -0.25) is 19.3 Å². The van der Waals surface area contributed by atoms with Crippen molar-refractivity contribution in [1.82, 2.24) is 10.2 Å². The Morgan fingerprint density at radius 1 is 0.922 bits per heavy atom. The molecule has 1 fully saturated rings. The Morgan fingerprint density at radius 3 is 2.16 bits per heavy atom. The molecule has 51 heavy (non-hydrogen) atoms. The van der Waals surface area contributed by atoms with Crippen LogP contribution in [0.1, 0.15) is 55.0 Å². The van der Waals surface area contributed by atoms with Crippen molar-refractivity contribution in [3.05, 3.63) is 88.4 Å². The summed E-state index contributed by atoms with van der Waals surface area (Å²) in [6.45, 7) is 10.8. The lowest BCUT2D eigenvalue weighted by atomic mass is 9.65. The van der Waals surface area contributed by atoms with Gasteiger partial charge in [-0.2, -0.15) is 0 Å². The summed E-state index contributed by atoms with van der Waals surface area (Å²) in [5.41, 5.74) is 2.96. The van der Waals surface area contributed by atoms with Gasteiger partial charge in [-0.1, -0.05) is 32.9 Å². The van der Waals surface area contributed by atoms with Gasteiger partial charge in [0.1, 0.15) is 11.5 Å². The Hall–Kier alpha value is -5.04. The first kappa shape index (κ1) is 34.4. The number of nitrogens with one attached hydrogen (secondary N) is 1. The highest BCUT2D eigenvalue weighted by Gasteiger charge is 2.53. The van der Waals surface area contributed by atoms with E-state index < -0.39 is 49.7 Å². The Bertz CT molecular complexity index is 1930. The van der Waals surface area contributed by atoms with Crippen molar-refractivity contribution in [3.63, 3.8) is 0 Å². The van der Waals surface area contributed by atoms with Crippen molar-refractivity contribution in [2.24, 2.45) is 11.8 Å². The molecular weight excluding hydrogens is 676 g/mol. The summed E-state index contributed by atoms with van der Waals surface area (Å²) in [6, 6.07) is 12.5. The molecule has 0 unspecified atom stereocenters. The standard InChI is InChI=1S/C38H41FN2O9Si/c1-38(2,3)51(6,7)50-35-29(45-4)12-21(13-30(35)46-5)32-23-14-27-28(49-19-48-27)15-24(23)34(25-18-47-37(44)33(25)32)40-26-16-31(42)41(36(26)43)17-20-8-10-22(39)11-9-20/h8-16,25,32-34,40H,17-19H2,1-7H3/t25-,32+,33-,34+/m0/s1. The molecule has 3 heterocycles. The molecule has 13 heteroatoms. The van der Waals surface area contributed by atoms with E-state index in [-0.39, 0.29) is 36.6 Å². The number of esters is 1. The van der Waals surface area contributed by atoms with Gasteiger partial charge in [0.25, 0.3) is 20.1 Å². The molecular formula is C38H41FN2O9Si. The van der Waals surface area contributed by atoms with Crippen LogP contribution in [0.2, 0.25) is 18.1 Å². The smallest absolute Gasteiger partial charge is 0.310 e. The number of amides is 2. The number of benzene rings is 3. The highest BCUT2D eigenvalue weighted by molar-refractivity contribution is 6.74. The maximum absolute atomic E-state index is 13.7. The summed E-state index contributed by atoms with van der Waals surface area (Å²) < 4.78 is 49.4. The predicted molar refractivity (Wildman–Crippen MR) is 186 cm³/mol. The van der Waals surface area contributed by atoms with E-state index in [1.54, 1.807) is 14.2 Å². The van der Waals surface area contributed by atoms with Crippen LogP contribution in [0.15, 0.2) is 60.3 Å². The number of carbonyl (C=O) groups is 3. The van der Waals surface area contributed by atoms with Crippen molar-refractivity contribution in [2.75, 3.05) is 27.6 Å². The lowest BCUT2D eigenvalue weighted by molar-refractivity contribution is -0.142. The van der Waals surface area contributed by atoms with Gasteiger partial charge >= 0.3 is 5.97 Å². The minimum Gasteiger partial charge on any atom is -0.539 e. The van der Waals surface area contributed by atoms with Crippen LogP contribution < -0.4 is 28.7 Å². The Kier molecular flexibility index (Phi) is 8.52. The first-order valence-electron chi connectivity index (χ1n) is 16.8. The highest BCUT2D eigenvalue weighted by atomic mass is 28.4. The molecule has 3 aromatic carbocycles. The largest absolute Gasteiger partial charge is 0.539 e. The van der Waals surface area contributed by atoms with E-state index in [9.17, 15) is 18.8 Å². The number of rotatable bonds is 9. The van der Waals surface area contributed by atoms with Crippen molar-refractivity contribution in [3.8, 4) is 28.7 Å². The number of cyclic esters (lactones) is 1. The number of fused-ring (bicyclic) bond motifs is 3. The monoisotopic (exact) mass is 716 g/mol. The third-order valence-electron chi connectivity index (χ3n) is 10.8. The second-order valence-corrected chi connectivity index (χ2v) is 19.5. The van der Waals surface area contributed by atoms with E-state index in [4.69, 9.17) is 28.1 Å². The summed E-state index contributed by atoms with van der Waals surface area (Å²) in [7, 11) is 0.831. The number of nitrogens with zero attached hydrogens (tertiary/aromatic N) is 1. The zero-order chi connectivity index (χ0) is 36.4. The number of halogens is 1. The van der Waals surface area contributed by atoms with Crippen LogP contribution in [0.5, 0.6) is 28.7 Å². The molecule has 1 N–H and O–H groups in total. The van der Waals surface area contributed by atoms with Gasteiger partial charge in [0.2, 0.25) is 6.79 Å². The van der Waals surface area contributed by atoms with E-state index >= 15 is 0 Å². The fourth-order valence-corrected chi connectivity index (χ4v) is 8.06. The zero-order valence-electron chi connectivity index (χ0n) is 29.6. The molecule has 3 aromatic rings. The number of hydrogen-bond acceptors (Lipinski definition) is 10. The average Bonchev–Trinajstić information content (AvgIpc) is 3.78. The predicted octanol–water partition coefficient (Wildman–Crippen LogP) is 5.97. The molecule has 7 rings (SSSR count). The van der Waals surface area contributed by atoms with Crippen LogP contribution in [-0.2, 0) is 25.7 Å². The van der Waals surface area contributed by atoms with Gasteiger partial charge < -0.3 is 33.4 Å². The fourth-order valence-electron chi connectivity index (χ4n) is 7.04. The third-order valence-corrected chi connectivity index (χ3v) is 15.1. The zero-order valence-corrected chi connectivity index (χ0v) is 30.6. The van der Waals surface area contributed by atoms with Gasteiger partial charge in [0.05, 0.1) is 39.3 Å². The molecule has 4 aliphatic rings. The lowest BCUT2D eigenvalue weighted by Crippen LogP contribution is -2.44. The molecule has 0 bridgehead atoms. The molecule has 1 aliphatic carbocycles. The summed E-state index contributed by atoms with van der Waals surface area (Å²) >= 11 is 0. The molecule has 0 spiro atoms. The molecule has 0 saturated carbocycles. The van der Waals surface area contributed by atoms with E-state index in [2.05, 4.69) is 39.2 Å². The lowest BCUT2D eigenvalue weighted by Gasteiger charge is -2.40. The molecule has 268 valence electrons. The minimum atomic E-state index is -2.32. The van der Waals surface area contributed by atoms with Gasteiger partial charge in [0, 0.05) is 17.9 Å². The minimum absolute atomic E-state index is 0.0198. The third kappa shape index (κ3) is 5.96. The number of hydrogen-bond donors (Lipinski definition) is 1. The molecule has 0 radical (unpaired) electrons. The first-order valence-corrected chi connectivity index (χ1v) is 19.7. The summed E-state index contributed by atoms with van der Waals surface area (Å²) in [5, 5.41) is 3.23. The van der Waals surface area contributed by atoms with Crippen molar-refractivity contribution >= 4 is 26.1 Å². The molecule has 0 aromatic heterocycles. The van der Waals surface area contributed by atoms with Crippen LogP contribution in [0.25, 0.3) is 0 Å². The van der Waals surface area contributed by atoms with Crippen LogP contribution in [0.4, 0.5) is 4.39 Å². The quantitative estimate of drug-likeness (QED) is 0.161. The van der Waals surface area contributed by atoms with Crippen LogP contribution in [-0.4, -0.2) is 58.6 Å². The van der Waals surface area contributed by atoms with Crippen molar-refractivity contribution in [1.29, 1.82) is 0 Å². The van der Waals surface area contributed by atoms with E-state index in [1.807, 2.05) is 24.3 Å². The molecule has 1 saturated heterocycles. The van der Waals surface area contributed by atoms with Gasteiger partial charge in [-0.25, -0.2) is 4.39 Å². The maximum atomic E-state index is 13.7. The number of imide groups is 1. The fraction of sp³-hybridized carbons (Fsp3) is 0.395. The van der Waals surface area contributed by atoms with Crippen LogP contribution >= 0.6 is 0 Å². The normalized spacial score (nSPS) is 22.3. The molecule has 4 atom stereocenters. The Morgan fingerprint density at radius 2 is 1.55 bits per heavy atom. The van der Waals surface area contributed by atoms with Gasteiger partial charge in [-0.15, -0.1) is 0 Å². The van der Waals surface area contributed by atoms with Crippen LogP contribution in [0, 0.1) is 17.7 Å². The van der Waals surface area contributed by atoms with Gasteiger partial charge in [0.15, 0.2) is 28.7 Å². The second kappa shape index (κ2) is 12.6. The molecule has 3 aliphatic heterocycles. The molecule has 2 amide bonds. The van der Waals surface area contributed by atoms with Crippen LogP contribution in [0.3, 0.4) is 0 Å². The van der Waals surface area contributed by atoms with Crippen molar-refractivity contribution in [2.45, 2.75) is 57.4 Å². The Balaban J connectivity index is 1.29. The topological polar surface area (TPSA) is 122 Å². The SMILES string of the molecule is COc1cc([C@@H]2c3cc4c(cc3[C@@H](NC3=CC(=O)N(Cc5ccc(F)cc5)C3=O)[C@H]3COC(=O)[C@H]23)OCO4)cc(OC)c1O[Si](C)(C)C(C)(C)C. The summed E-state index contributed by atoms with van der Waals surface area (Å²) in [4.78, 5) is 41.6. The summed E-state index contributed by atoms with van der Waals surface area (Å²) in [6.07, 6.45) is 1.26. The average molecular weight is 717 g/mol. The van der Waals surface area contributed by atoms with Crippen molar-refractivity contribution < 1.29 is 46.9 Å². The first-order chi connectivity index (χ1) is 24.2. The molecule has 11 nitrogen and oxygen atoms in total. The van der Waals surface area contributed by atoms with E-state index in [0.717, 1.165) is 21.6 Å². The highest BCUT2D eigenvalue weighted by Crippen LogP contribution is 2.56. The van der Waals surface area contributed by atoms with Gasteiger partial charge in [-0.05, 0) is 76.8 Å².